The van der Waals surface area contributed by atoms with Gasteiger partial charge in [0.1, 0.15) is 0 Å². The number of anilines is 2. The zero-order valence-corrected chi connectivity index (χ0v) is 14.0. The van der Waals surface area contributed by atoms with E-state index in [1.165, 1.54) is 0 Å². The minimum absolute atomic E-state index is 0.0676. The van der Waals surface area contributed by atoms with Crippen molar-refractivity contribution in [3.05, 3.63) is 46.5 Å². The fourth-order valence-electron chi connectivity index (χ4n) is 2.66. The van der Waals surface area contributed by atoms with Crippen molar-refractivity contribution in [2.75, 3.05) is 11.5 Å². The Morgan fingerprint density at radius 2 is 0.700 bits per heavy atom. The van der Waals surface area contributed by atoms with Crippen LogP contribution in [0.3, 0.4) is 0 Å². The Balaban J connectivity index is 3.04. The monoisotopic (exact) mass is 456 g/mol. The molecule has 0 saturated carbocycles. The molecule has 0 fully saturated rings. The normalized spacial score (nSPS) is 13.6. The van der Waals surface area contributed by atoms with E-state index >= 15 is 0 Å². The summed E-state index contributed by atoms with van der Waals surface area (Å²) in [6, 6.07) is -1.13. The zero-order valence-electron chi connectivity index (χ0n) is 14.0. The average molecular weight is 456 g/mol. The first kappa shape index (κ1) is 23.5. The summed E-state index contributed by atoms with van der Waals surface area (Å²) < 4.78 is 157. The molecule has 0 aliphatic carbocycles. The predicted octanol–water partition coefficient (Wildman–Crippen LogP) is 6.59. The first-order chi connectivity index (χ1) is 13.2. The summed E-state index contributed by atoms with van der Waals surface area (Å²) in [7, 11) is 0. The minimum Gasteiger partial charge on any atom is -0.398 e. The van der Waals surface area contributed by atoms with Crippen LogP contribution in [0, 0.1) is 0 Å². The highest BCUT2D eigenvalue weighted by Crippen LogP contribution is 2.50. The lowest BCUT2D eigenvalue weighted by Gasteiger charge is -2.23. The van der Waals surface area contributed by atoms with E-state index < -0.39 is 81.6 Å². The number of hydrogen-bond donors (Lipinski definition) is 2. The minimum atomic E-state index is -5.65. The summed E-state index contributed by atoms with van der Waals surface area (Å²) in [5.74, 6) is 0. The van der Waals surface area contributed by atoms with Gasteiger partial charge < -0.3 is 11.5 Å². The molecule has 14 heteroatoms. The second-order valence-corrected chi connectivity index (χ2v) is 5.97. The lowest BCUT2D eigenvalue weighted by molar-refractivity contribution is -0.145. The SMILES string of the molecule is Nc1cc(C(F)(F)F)cc(C(F)(F)F)c1-c1c(N)cc(C(F)(F)F)cc1C(F)(F)F. The predicted molar refractivity (Wildman–Crippen MR) is 80.7 cm³/mol. The Morgan fingerprint density at radius 3 is 0.900 bits per heavy atom. The van der Waals surface area contributed by atoms with Crippen molar-refractivity contribution < 1.29 is 52.7 Å². The second kappa shape index (κ2) is 6.87. The maximum atomic E-state index is 13.4. The van der Waals surface area contributed by atoms with Crippen LogP contribution in [0.4, 0.5) is 64.1 Å². The summed E-state index contributed by atoms with van der Waals surface area (Å²) >= 11 is 0. The van der Waals surface area contributed by atoms with Crippen LogP contribution < -0.4 is 11.5 Å². The maximum absolute atomic E-state index is 13.4. The Bertz CT molecular complexity index is 885. The quantitative estimate of drug-likeness (QED) is 0.376. The van der Waals surface area contributed by atoms with Crippen LogP contribution in [0.15, 0.2) is 24.3 Å². The molecule has 4 N–H and O–H groups in total. The molecule has 0 atom stereocenters. The molecule has 2 nitrogen and oxygen atoms in total. The largest absolute Gasteiger partial charge is 0.417 e. The number of alkyl halides is 12. The van der Waals surface area contributed by atoms with E-state index in [1.807, 2.05) is 0 Å². The molecule has 2 aromatic carbocycles. The van der Waals surface area contributed by atoms with E-state index in [0.717, 1.165) is 0 Å². The van der Waals surface area contributed by atoms with Crippen molar-refractivity contribution in [1.82, 2.24) is 0 Å². The third-order valence-corrected chi connectivity index (χ3v) is 3.85. The van der Waals surface area contributed by atoms with E-state index in [0.29, 0.717) is 0 Å². The molecule has 0 amide bonds. The topological polar surface area (TPSA) is 52.0 Å². The Kier molecular flexibility index (Phi) is 5.38. The number of halogens is 12. The molecular weight excluding hydrogens is 448 g/mol. The molecule has 166 valence electrons. The summed E-state index contributed by atoms with van der Waals surface area (Å²) in [4.78, 5) is 0. The van der Waals surface area contributed by atoms with Crippen LogP contribution in [-0.4, -0.2) is 0 Å². The molecule has 0 heterocycles. The van der Waals surface area contributed by atoms with Crippen LogP contribution in [0.5, 0.6) is 0 Å². The van der Waals surface area contributed by atoms with Crippen molar-refractivity contribution >= 4 is 11.4 Å². The van der Waals surface area contributed by atoms with Gasteiger partial charge in [0.2, 0.25) is 0 Å². The van der Waals surface area contributed by atoms with E-state index in [1.54, 1.807) is 0 Å². The molecule has 0 aromatic heterocycles. The number of rotatable bonds is 1. The van der Waals surface area contributed by atoms with Gasteiger partial charge in [-0.3, -0.25) is 0 Å². The standard InChI is InChI=1S/C16H8F12N2/c17-13(18,19)5-1-7(15(23,24)25)11(9(29)3-5)12-8(16(26,27)28)2-6(4-10(12)30)14(20,21)22/h1-4H,29-30H2. The highest BCUT2D eigenvalue weighted by Gasteiger charge is 2.44. The third kappa shape index (κ3) is 4.51. The molecule has 0 bridgehead atoms. The van der Waals surface area contributed by atoms with Crippen molar-refractivity contribution in [3.63, 3.8) is 0 Å². The second-order valence-electron chi connectivity index (χ2n) is 5.97. The van der Waals surface area contributed by atoms with Crippen molar-refractivity contribution in [2.24, 2.45) is 0 Å². The summed E-state index contributed by atoms with van der Waals surface area (Å²) in [6.45, 7) is 0. The van der Waals surface area contributed by atoms with Gasteiger partial charge in [0.05, 0.1) is 22.3 Å². The molecular formula is C16H8F12N2. The Morgan fingerprint density at radius 1 is 0.433 bits per heavy atom. The van der Waals surface area contributed by atoms with Crippen LogP contribution in [0.1, 0.15) is 22.3 Å². The molecule has 0 aliphatic heterocycles. The van der Waals surface area contributed by atoms with Crippen molar-refractivity contribution in [2.45, 2.75) is 24.7 Å². The molecule has 0 aliphatic rings. The van der Waals surface area contributed by atoms with Gasteiger partial charge in [-0.25, -0.2) is 0 Å². The molecule has 0 unspecified atom stereocenters. The molecule has 2 rings (SSSR count). The molecule has 0 spiro atoms. The van der Waals surface area contributed by atoms with Crippen LogP contribution >= 0.6 is 0 Å². The fraction of sp³-hybridized carbons (Fsp3) is 0.250. The number of benzene rings is 2. The molecule has 0 radical (unpaired) electrons. The van der Waals surface area contributed by atoms with Crippen molar-refractivity contribution in [3.8, 4) is 11.1 Å². The summed E-state index contributed by atoms with van der Waals surface area (Å²) in [5.41, 5.74) is -3.96. The Labute approximate surface area is 159 Å². The van der Waals surface area contributed by atoms with Crippen LogP contribution in [0.2, 0.25) is 0 Å². The number of nitrogen functional groups attached to an aromatic ring is 2. The van der Waals surface area contributed by atoms with E-state index in [2.05, 4.69) is 0 Å². The zero-order chi connectivity index (χ0) is 23.4. The highest BCUT2D eigenvalue weighted by molar-refractivity contribution is 5.90. The van der Waals surface area contributed by atoms with Crippen LogP contribution in [-0.2, 0) is 24.7 Å². The number of nitrogens with two attached hydrogens (primary N) is 2. The van der Waals surface area contributed by atoms with Gasteiger partial charge in [-0.1, -0.05) is 0 Å². The first-order valence-electron chi connectivity index (χ1n) is 7.40. The van der Waals surface area contributed by atoms with E-state index in [4.69, 9.17) is 11.5 Å². The van der Waals surface area contributed by atoms with Gasteiger partial charge in [-0.15, -0.1) is 0 Å². The lowest BCUT2D eigenvalue weighted by Crippen LogP contribution is -2.18. The maximum Gasteiger partial charge on any atom is 0.417 e. The van der Waals surface area contributed by atoms with Gasteiger partial charge >= 0.3 is 24.7 Å². The smallest absolute Gasteiger partial charge is 0.398 e. The summed E-state index contributed by atoms with van der Waals surface area (Å²) in [5, 5.41) is 0. The highest BCUT2D eigenvalue weighted by atomic mass is 19.4. The number of hydrogen-bond acceptors (Lipinski definition) is 2. The van der Waals surface area contributed by atoms with Gasteiger partial charge in [0, 0.05) is 22.5 Å². The van der Waals surface area contributed by atoms with Gasteiger partial charge in [-0.2, -0.15) is 52.7 Å². The first-order valence-corrected chi connectivity index (χ1v) is 7.40. The third-order valence-electron chi connectivity index (χ3n) is 3.85. The molecule has 30 heavy (non-hydrogen) atoms. The molecule has 0 saturated heterocycles. The fourth-order valence-corrected chi connectivity index (χ4v) is 2.66. The van der Waals surface area contributed by atoms with E-state index in [-0.39, 0.29) is 12.1 Å². The Hall–Kier alpha value is -2.80. The van der Waals surface area contributed by atoms with Crippen LogP contribution in [0.25, 0.3) is 11.1 Å². The van der Waals surface area contributed by atoms with Gasteiger partial charge in [0.15, 0.2) is 0 Å². The van der Waals surface area contributed by atoms with Gasteiger partial charge in [-0.05, 0) is 24.3 Å². The van der Waals surface area contributed by atoms with Crippen molar-refractivity contribution in [1.29, 1.82) is 0 Å². The van der Waals surface area contributed by atoms with Gasteiger partial charge in [0.25, 0.3) is 0 Å². The molecule has 2 aromatic rings. The lowest BCUT2D eigenvalue weighted by atomic mass is 9.89. The average Bonchev–Trinajstić information content (AvgIpc) is 2.50. The van der Waals surface area contributed by atoms with E-state index in [9.17, 15) is 52.7 Å². The summed E-state index contributed by atoms with van der Waals surface area (Å²) in [6.07, 6.45) is -22.0.